The number of rotatable bonds is 5. The molecule has 2 fully saturated rings. The van der Waals surface area contributed by atoms with Gasteiger partial charge in [-0.1, -0.05) is 40.9 Å². The van der Waals surface area contributed by atoms with Gasteiger partial charge in [0.25, 0.3) is 0 Å². The van der Waals surface area contributed by atoms with E-state index in [4.69, 9.17) is 39.5 Å². The predicted octanol–water partition coefficient (Wildman–Crippen LogP) is 6.77. The van der Waals surface area contributed by atoms with E-state index in [1.165, 1.54) is 0 Å². The van der Waals surface area contributed by atoms with Gasteiger partial charge in [-0.25, -0.2) is 4.79 Å². The van der Waals surface area contributed by atoms with E-state index in [0.29, 0.717) is 29.1 Å². The molecule has 2 aliphatic heterocycles. The fraction of sp³-hybridized carbons (Fsp3) is 0.500. The van der Waals surface area contributed by atoms with E-state index in [9.17, 15) is 4.79 Å². The average Bonchev–Trinajstić information content (AvgIpc) is 2.80. The zero-order valence-corrected chi connectivity index (χ0v) is 22.0. The molecule has 2 atom stereocenters. The Morgan fingerprint density at radius 2 is 1.65 bits per heavy atom. The summed E-state index contributed by atoms with van der Waals surface area (Å²) >= 11 is 19.0. The molecule has 2 heterocycles. The van der Waals surface area contributed by atoms with E-state index in [1.54, 1.807) is 0 Å². The molecule has 4 rings (SSSR count). The molecule has 2 saturated heterocycles. The maximum atomic E-state index is 12.2. The molecule has 2 aromatic carbocycles. The van der Waals surface area contributed by atoms with Crippen LogP contribution in [0.1, 0.15) is 38.3 Å². The lowest BCUT2D eigenvalue weighted by Crippen LogP contribution is -2.51. The number of anilines is 1. The third-order valence-electron chi connectivity index (χ3n) is 6.64. The molecule has 0 radical (unpaired) electrons. The van der Waals surface area contributed by atoms with Gasteiger partial charge in [-0.2, -0.15) is 0 Å². The second-order valence-corrected chi connectivity index (χ2v) is 10.8. The molecule has 5 nitrogen and oxygen atoms in total. The van der Waals surface area contributed by atoms with Crippen molar-refractivity contribution in [2.75, 3.05) is 44.2 Å². The van der Waals surface area contributed by atoms with Crippen LogP contribution in [0.3, 0.4) is 0 Å². The molecule has 0 saturated carbocycles. The number of benzene rings is 2. The smallest absolute Gasteiger partial charge is 0.410 e. The number of carbonyl (C=O) groups excluding carboxylic acids is 1. The number of piperidine rings is 1. The number of hydrogen-bond donors (Lipinski definition) is 0. The second-order valence-electron chi connectivity index (χ2n) is 9.47. The van der Waals surface area contributed by atoms with Gasteiger partial charge in [0.2, 0.25) is 0 Å². The molecular formula is C26H32Cl3N3O2. The average molecular weight is 525 g/mol. The van der Waals surface area contributed by atoms with Crippen molar-refractivity contribution in [1.82, 2.24) is 9.80 Å². The normalized spacial score (nSPS) is 21.7. The molecule has 0 aliphatic carbocycles. The van der Waals surface area contributed by atoms with Gasteiger partial charge in [0.1, 0.15) is 0 Å². The van der Waals surface area contributed by atoms with Gasteiger partial charge >= 0.3 is 6.09 Å². The largest absolute Gasteiger partial charge is 0.447 e. The lowest BCUT2D eigenvalue weighted by molar-refractivity contribution is 0.0535. The Morgan fingerprint density at radius 3 is 2.29 bits per heavy atom. The Kier molecular flexibility index (Phi) is 8.52. The van der Waals surface area contributed by atoms with Crippen molar-refractivity contribution in [3.05, 3.63) is 63.1 Å². The first-order valence-electron chi connectivity index (χ1n) is 11.9. The summed E-state index contributed by atoms with van der Waals surface area (Å²) in [5, 5.41) is 2.09. The van der Waals surface area contributed by atoms with Crippen molar-refractivity contribution >= 4 is 46.6 Å². The standard InChI is InChI=1S/C26H32Cl3N3O2/c1-18(2)34-26(33)31-13-11-30(12-14-31)16-19-3-10-25(23-9-6-21(28)15-24(23)29)32(17-19)22-7-4-20(27)5-8-22/h4-9,15,18-19,25H,3,10-14,16-17H2,1-2H3/t19-,25-/m0/s1. The molecule has 8 heteroatoms. The van der Waals surface area contributed by atoms with Crippen LogP contribution in [-0.2, 0) is 4.74 Å². The molecule has 0 N–H and O–H groups in total. The van der Waals surface area contributed by atoms with Crippen LogP contribution >= 0.6 is 34.8 Å². The Labute approximate surface area is 217 Å². The highest BCUT2D eigenvalue weighted by molar-refractivity contribution is 6.35. The summed E-state index contributed by atoms with van der Waals surface area (Å²) in [6.07, 6.45) is 1.83. The van der Waals surface area contributed by atoms with Crippen LogP contribution in [0.25, 0.3) is 0 Å². The van der Waals surface area contributed by atoms with Gasteiger partial charge in [0.15, 0.2) is 0 Å². The Bertz CT molecular complexity index is 978. The van der Waals surface area contributed by atoms with Crippen LogP contribution < -0.4 is 4.90 Å². The summed E-state index contributed by atoms with van der Waals surface area (Å²) < 4.78 is 5.35. The number of amides is 1. The minimum absolute atomic E-state index is 0.0892. The number of halogens is 3. The van der Waals surface area contributed by atoms with Gasteiger partial charge < -0.3 is 14.5 Å². The highest BCUT2D eigenvalue weighted by Gasteiger charge is 2.33. The predicted molar refractivity (Wildman–Crippen MR) is 140 cm³/mol. The lowest BCUT2D eigenvalue weighted by atomic mass is 9.88. The van der Waals surface area contributed by atoms with Crippen LogP contribution in [0.2, 0.25) is 15.1 Å². The van der Waals surface area contributed by atoms with Crippen LogP contribution in [0.4, 0.5) is 10.5 Å². The van der Waals surface area contributed by atoms with E-state index in [-0.39, 0.29) is 18.2 Å². The summed E-state index contributed by atoms with van der Waals surface area (Å²) in [6.45, 7) is 8.87. The first-order valence-corrected chi connectivity index (χ1v) is 13.1. The van der Waals surface area contributed by atoms with Crippen molar-refractivity contribution in [1.29, 1.82) is 0 Å². The van der Waals surface area contributed by atoms with Crippen molar-refractivity contribution in [3.63, 3.8) is 0 Å². The SMILES string of the molecule is CC(C)OC(=O)N1CCN(C[C@@H]2CC[C@@H](c3ccc(Cl)cc3Cl)N(c3ccc(Cl)cc3)C2)CC1. The minimum atomic E-state index is -0.205. The van der Waals surface area contributed by atoms with E-state index in [0.717, 1.165) is 55.3 Å². The van der Waals surface area contributed by atoms with Crippen LogP contribution in [0.15, 0.2) is 42.5 Å². The van der Waals surface area contributed by atoms with E-state index in [1.807, 2.05) is 49.1 Å². The van der Waals surface area contributed by atoms with E-state index in [2.05, 4.69) is 21.9 Å². The van der Waals surface area contributed by atoms with Crippen molar-refractivity contribution in [2.24, 2.45) is 5.92 Å². The van der Waals surface area contributed by atoms with Gasteiger partial charge in [-0.15, -0.1) is 0 Å². The summed E-state index contributed by atoms with van der Waals surface area (Å²) in [5.74, 6) is 0.521. The molecule has 34 heavy (non-hydrogen) atoms. The van der Waals surface area contributed by atoms with E-state index < -0.39 is 0 Å². The maximum absolute atomic E-state index is 12.2. The van der Waals surface area contributed by atoms with Crippen molar-refractivity contribution in [3.8, 4) is 0 Å². The van der Waals surface area contributed by atoms with Crippen LogP contribution in [-0.4, -0.2) is 61.3 Å². The first-order chi connectivity index (χ1) is 16.3. The third kappa shape index (κ3) is 6.31. The maximum Gasteiger partial charge on any atom is 0.410 e. The molecule has 0 aromatic heterocycles. The molecule has 2 aromatic rings. The number of nitrogens with zero attached hydrogens (tertiary/aromatic N) is 3. The Balaban J connectivity index is 1.43. The molecule has 0 bridgehead atoms. The number of hydrogen-bond acceptors (Lipinski definition) is 4. The van der Waals surface area contributed by atoms with Gasteiger partial charge in [0, 0.05) is 60.0 Å². The Hall–Kier alpha value is -1.66. The summed E-state index contributed by atoms with van der Waals surface area (Å²) in [5.41, 5.74) is 2.25. The number of piperazine rings is 1. The molecule has 0 unspecified atom stereocenters. The molecule has 0 spiro atoms. The number of carbonyl (C=O) groups is 1. The zero-order valence-electron chi connectivity index (χ0n) is 19.7. The second kappa shape index (κ2) is 11.4. The topological polar surface area (TPSA) is 36.0 Å². The lowest BCUT2D eigenvalue weighted by Gasteiger charge is -2.44. The van der Waals surface area contributed by atoms with Crippen LogP contribution in [0, 0.1) is 5.92 Å². The highest BCUT2D eigenvalue weighted by Crippen LogP contribution is 2.40. The quantitative estimate of drug-likeness (QED) is 0.432. The zero-order chi connectivity index (χ0) is 24.2. The first kappa shape index (κ1) is 25.4. The summed E-state index contributed by atoms with van der Waals surface area (Å²) in [6, 6.07) is 14.0. The molecule has 1 amide bonds. The highest BCUT2D eigenvalue weighted by atomic mass is 35.5. The summed E-state index contributed by atoms with van der Waals surface area (Å²) in [4.78, 5) is 18.9. The minimum Gasteiger partial charge on any atom is -0.447 e. The van der Waals surface area contributed by atoms with Gasteiger partial charge in [-0.05, 0) is 74.6 Å². The molecule has 2 aliphatic rings. The third-order valence-corrected chi connectivity index (χ3v) is 7.46. The van der Waals surface area contributed by atoms with Crippen LogP contribution in [0.5, 0.6) is 0 Å². The van der Waals surface area contributed by atoms with E-state index >= 15 is 0 Å². The molecule has 184 valence electrons. The van der Waals surface area contributed by atoms with Gasteiger partial charge in [0.05, 0.1) is 12.1 Å². The fourth-order valence-electron chi connectivity index (χ4n) is 4.96. The van der Waals surface area contributed by atoms with Crippen molar-refractivity contribution < 1.29 is 9.53 Å². The van der Waals surface area contributed by atoms with Crippen molar-refractivity contribution in [2.45, 2.75) is 38.8 Å². The monoisotopic (exact) mass is 523 g/mol. The summed E-state index contributed by atoms with van der Waals surface area (Å²) in [7, 11) is 0. The Morgan fingerprint density at radius 1 is 0.971 bits per heavy atom. The number of ether oxygens (including phenoxy) is 1. The fourth-order valence-corrected chi connectivity index (χ4v) is 5.62. The van der Waals surface area contributed by atoms with Gasteiger partial charge in [-0.3, -0.25) is 4.90 Å². The molecular weight excluding hydrogens is 493 g/mol.